The Morgan fingerprint density at radius 3 is 2.81 bits per heavy atom. The lowest BCUT2D eigenvalue weighted by molar-refractivity contribution is 0.0947. The molecule has 0 spiro atoms. The van der Waals surface area contributed by atoms with E-state index in [2.05, 4.69) is 22.2 Å². The van der Waals surface area contributed by atoms with E-state index in [9.17, 15) is 9.59 Å². The average molecular weight is 385 g/mol. The van der Waals surface area contributed by atoms with E-state index >= 15 is 0 Å². The van der Waals surface area contributed by atoms with Gasteiger partial charge in [0.2, 0.25) is 5.82 Å². The molecule has 0 bridgehead atoms. The lowest BCUT2D eigenvalue weighted by Gasteiger charge is -2.07. The molecule has 2 amide bonds. The number of imidazole rings is 1. The van der Waals surface area contributed by atoms with Crippen LogP contribution in [0.1, 0.15) is 21.1 Å². The minimum Gasteiger partial charge on any atom is -0.495 e. The second kappa shape index (κ2) is 7.92. The maximum atomic E-state index is 12.7. The average Bonchev–Trinajstić information content (AvgIpc) is 3.06. The minimum absolute atomic E-state index is 0.116. The van der Waals surface area contributed by atoms with Crippen LogP contribution in [0.15, 0.2) is 55.3 Å². The number of carbonyl (C=O) groups excluding carboxylic acids is 2. The van der Waals surface area contributed by atoms with Crippen molar-refractivity contribution < 1.29 is 14.3 Å². The van der Waals surface area contributed by atoms with Crippen molar-refractivity contribution >= 4 is 34.6 Å². The third-order valence-electron chi connectivity index (χ3n) is 3.78. The Hall–Kier alpha value is -3.32. The van der Waals surface area contributed by atoms with Gasteiger partial charge < -0.3 is 15.4 Å². The molecule has 27 heavy (non-hydrogen) atoms. The molecule has 2 heterocycles. The Morgan fingerprint density at radius 2 is 2.11 bits per heavy atom. The summed E-state index contributed by atoms with van der Waals surface area (Å²) in [5, 5.41) is 5.76. The van der Waals surface area contributed by atoms with E-state index in [4.69, 9.17) is 16.3 Å². The standard InChI is InChI=1S/C19H17ClN4O3/c1-3-9-21-19(26)17-23-16(14-6-4-5-10-24(14)17)18(25)22-12-7-8-15(27-2)13(20)11-12/h3-8,10-11H,1,9H2,2H3,(H,21,26)(H,22,25). The molecular weight excluding hydrogens is 368 g/mol. The molecule has 0 unspecified atom stereocenters. The summed E-state index contributed by atoms with van der Waals surface area (Å²) in [7, 11) is 1.51. The number of carbonyl (C=O) groups is 2. The van der Waals surface area contributed by atoms with Crippen LogP contribution in [0.4, 0.5) is 5.69 Å². The molecule has 0 radical (unpaired) electrons. The van der Waals surface area contributed by atoms with E-state index in [0.717, 1.165) is 0 Å². The number of hydrogen-bond donors (Lipinski definition) is 2. The quantitative estimate of drug-likeness (QED) is 0.639. The first-order valence-corrected chi connectivity index (χ1v) is 8.44. The Morgan fingerprint density at radius 1 is 1.30 bits per heavy atom. The summed E-state index contributed by atoms with van der Waals surface area (Å²) in [4.78, 5) is 29.3. The largest absolute Gasteiger partial charge is 0.495 e. The van der Waals surface area contributed by atoms with E-state index in [1.165, 1.54) is 7.11 Å². The topological polar surface area (TPSA) is 84.7 Å². The van der Waals surface area contributed by atoms with Gasteiger partial charge in [-0.2, -0.15) is 0 Å². The number of hydrogen-bond acceptors (Lipinski definition) is 4. The van der Waals surface area contributed by atoms with Crippen LogP contribution < -0.4 is 15.4 Å². The molecule has 0 saturated heterocycles. The zero-order valence-corrected chi connectivity index (χ0v) is 15.3. The number of rotatable bonds is 6. The molecule has 3 aromatic rings. The lowest BCUT2D eigenvalue weighted by Crippen LogP contribution is -2.25. The minimum atomic E-state index is -0.456. The first-order chi connectivity index (χ1) is 13.0. The molecule has 8 heteroatoms. The smallest absolute Gasteiger partial charge is 0.287 e. The van der Waals surface area contributed by atoms with Crippen LogP contribution in [-0.2, 0) is 0 Å². The van der Waals surface area contributed by atoms with Crippen LogP contribution in [0, 0.1) is 0 Å². The Kier molecular flexibility index (Phi) is 5.42. The number of pyridine rings is 1. The van der Waals surface area contributed by atoms with Gasteiger partial charge in [0.25, 0.3) is 11.8 Å². The van der Waals surface area contributed by atoms with Gasteiger partial charge in [-0.25, -0.2) is 4.98 Å². The second-order valence-electron chi connectivity index (χ2n) is 5.54. The molecule has 3 rings (SSSR count). The maximum absolute atomic E-state index is 12.7. The van der Waals surface area contributed by atoms with Crippen molar-refractivity contribution in [2.75, 3.05) is 19.0 Å². The summed E-state index contributed by atoms with van der Waals surface area (Å²) in [5.41, 5.74) is 1.13. The van der Waals surface area contributed by atoms with E-state index in [0.29, 0.717) is 28.5 Å². The number of aromatic nitrogens is 2. The predicted molar refractivity (Wildman–Crippen MR) is 104 cm³/mol. The van der Waals surface area contributed by atoms with Crippen molar-refractivity contribution in [1.82, 2.24) is 14.7 Å². The van der Waals surface area contributed by atoms with Crippen LogP contribution in [-0.4, -0.2) is 34.9 Å². The highest BCUT2D eigenvalue weighted by Gasteiger charge is 2.21. The van der Waals surface area contributed by atoms with Crippen LogP contribution in [0.25, 0.3) is 5.52 Å². The fraction of sp³-hybridized carbons (Fsp3) is 0.105. The fourth-order valence-electron chi connectivity index (χ4n) is 2.54. The van der Waals surface area contributed by atoms with Crippen molar-refractivity contribution in [1.29, 1.82) is 0 Å². The van der Waals surface area contributed by atoms with Gasteiger partial charge in [0.05, 0.1) is 17.6 Å². The SMILES string of the molecule is C=CCNC(=O)c1nc(C(=O)Nc2ccc(OC)c(Cl)c2)c2ccccn12. The Labute approximate surface area is 160 Å². The predicted octanol–water partition coefficient (Wildman–Crippen LogP) is 3.16. The Balaban J connectivity index is 1.94. The van der Waals surface area contributed by atoms with Crippen LogP contribution in [0.5, 0.6) is 5.75 Å². The molecule has 0 aliphatic rings. The monoisotopic (exact) mass is 384 g/mol. The zero-order chi connectivity index (χ0) is 19.4. The number of anilines is 1. The number of halogens is 1. The van der Waals surface area contributed by atoms with Crippen LogP contribution >= 0.6 is 11.6 Å². The van der Waals surface area contributed by atoms with Gasteiger partial charge in [0.15, 0.2) is 5.69 Å². The van der Waals surface area contributed by atoms with Gasteiger partial charge in [0.1, 0.15) is 5.75 Å². The van der Waals surface area contributed by atoms with E-state index < -0.39 is 11.8 Å². The first kappa shape index (κ1) is 18.5. The van der Waals surface area contributed by atoms with Crippen molar-refractivity contribution in [2.45, 2.75) is 0 Å². The van der Waals surface area contributed by atoms with Crippen LogP contribution in [0.2, 0.25) is 5.02 Å². The number of amides is 2. The molecule has 2 N–H and O–H groups in total. The number of methoxy groups -OCH3 is 1. The summed E-state index contributed by atoms with van der Waals surface area (Å²) in [6.07, 6.45) is 3.24. The summed E-state index contributed by atoms with van der Waals surface area (Å²) in [6, 6.07) is 10.1. The van der Waals surface area contributed by atoms with Crippen molar-refractivity contribution in [3.8, 4) is 5.75 Å². The normalized spacial score (nSPS) is 10.4. The number of benzene rings is 1. The highest BCUT2D eigenvalue weighted by molar-refractivity contribution is 6.32. The maximum Gasteiger partial charge on any atom is 0.287 e. The van der Waals surface area contributed by atoms with Crippen molar-refractivity contribution in [3.63, 3.8) is 0 Å². The third kappa shape index (κ3) is 3.78. The van der Waals surface area contributed by atoms with Gasteiger partial charge in [-0.15, -0.1) is 6.58 Å². The van der Waals surface area contributed by atoms with Crippen LogP contribution in [0.3, 0.4) is 0 Å². The fourth-order valence-corrected chi connectivity index (χ4v) is 2.80. The molecule has 1 aromatic carbocycles. The van der Waals surface area contributed by atoms with E-state index in [1.807, 2.05) is 0 Å². The van der Waals surface area contributed by atoms with Gasteiger partial charge >= 0.3 is 0 Å². The summed E-state index contributed by atoms with van der Waals surface area (Å²) < 4.78 is 6.66. The highest BCUT2D eigenvalue weighted by Crippen LogP contribution is 2.27. The van der Waals surface area contributed by atoms with Gasteiger partial charge in [-0.1, -0.05) is 23.7 Å². The summed E-state index contributed by atoms with van der Waals surface area (Å²) >= 11 is 6.09. The van der Waals surface area contributed by atoms with E-state index in [-0.39, 0.29) is 11.5 Å². The highest BCUT2D eigenvalue weighted by atomic mass is 35.5. The summed E-state index contributed by atoms with van der Waals surface area (Å²) in [6.45, 7) is 3.86. The molecule has 0 aliphatic carbocycles. The molecule has 0 aliphatic heterocycles. The molecule has 138 valence electrons. The third-order valence-corrected chi connectivity index (χ3v) is 4.08. The molecule has 2 aromatic heterocycles. The molecule has 0 atom stereocenters. The van der Waals surface area contributed by atoms with E-state index in [1.54, 1.807) is 53.1 Å². The number of ether oxygens (including phenoxy) is 1. The zero-order valence-electron chi connectivity index (χ0n) is 14.5. The molecular formula is C19H17ClN4O3. The van der Waals surface area contributed by atoms with Crippen molar-refractivity contribution in [2.24, 2.45) is 0 Å². The number of nitrogens with zero attached hydrogens (tertiary/aromatic N) is 2. The summed E-state index contributed by atoms with van der Waals surface area (Å²) in [5.74, 6) is -0.237. The molecule has 0 saturated carbocycles. The first-order valence-electron chi connectivity index (χ1n) is 8.06. The van der Waals surface area contributed by atoms with Gasteiger partial charge in [-0.05, 0) is 30.3 Å². The van der Waals surface area contributed by atoms with Crippen molar-refractivity contribution in [3.05, 3.63) is 71.8 Å². The molecule has 0 fully saturated rings. The van der Waals surface area contributed by atoms with Gasteiger partial charge in [0, 0.05) is 18.4 Å². The van der Waals surface area contributed by atoms with Gasteiger partial charge in [-0.3, -0.25) is 14.0 Å². The Bertz CT molecular complexity index is 1030. The lowest BCUT2D eigenvalue weighted by atomic mass is 10.2. The second-order valence-corrected chi connectivity index (χ2v) is 5.95. The number of nitrogens with one attached hydrogen (secondary N) is 2. The molecule has 7 nitrogen and oxygen atoms in total. The number of fused-ring (bicyclic) bond motifs is 1.